The first-order chi connectivity index (χ1) is 8.99. The maximum absolute atomic E-state index is 11.9. The van der Waals surface area contributed by atoms with E-state index in [2.05, 4.69) is 9.71 Å². The molecule has 19 heavy (non-hydrogen) atoms. The second-order valence-electron chi connectivity index (χ2n) is 3.63. The van der Waals surface area contributed by atoms with Crippen LogP contribution in [-0.4, -0.2) is 24.5 Å². The van der Waals surface area contributed by atoms with Crippen molar-refractivity contribution in [3.63, 3.8) is 0 Å². The van der Waals surface area contributed by atoms with Crippen LogP contribution in [0, 0.1) is 0 Å². The van der Waals surface area contributed by atoms with Gasteiger partial charge >= 0.3 is 5.97 Å². The smallest absolute Gasteiger partial charge is 0.335 e. The van der Waals surface area contributed by atoms with Gasteiger partial charge in [-0.15, -0.1) is 0 Å². The molecule has 0 saturated heterocycles. The molecule has 0 amide bonds. The van der Waals surface area contributed by atoms with Crippen molar-refractivity contribution < 1.29 is 22.7 Å². The minimum absolute atomic E-state index is 0.000481. The van der Waals surface area contributed by atoms with Crippen LogP contribution >= 0.6 is 0 Å². The molecule has 0 fully saturated rings. The van der Waals surface area contributed by atoms with Crippen LogP contribution in [0.3, 0.4) is 0 Å². The number of rotatable bonds is 5. The first kappa shape index (κ1) is 13.2. The Kier molecular flexibility index (Phi) is 3.63. The topological polar surface area (TPSA) is 110 Å². The second kappa shape index (κ2) is 5.21. The molecule has 7 nitrogen and oxygen atoms in total. The summed E-state index contributed by atoms with van der Waals surface area (Å²) in [5.74, 6) is -1.11. The van der Waals surface area contributed by atoms with E-state index >= 15 is 0 Å². The van der Waals surface area contributed by atoms with Gasteiger partial charge in [0.25, 0.3) is 0 Å². The normalized spacial score (nSPS) is 11.4. The first-order valence-corrected chi connectivity index (χ1v) is 6.67. The third kappa shape index (κ3) is 3.18. The maximum Gasteiger partial charge on any atom is 0.335 e. The van der Waals surface area contributed by atoms with Crippen molar-refractivity contribution in [1.82, 2.24) is 9.71 Å². The minimum atomic E-state index is -3.70. The molecule has 1 heterocycles. The number of aromatic carboxylic acids is 1. The zero-order chi connectivity index (χ0) is 13.9. The predicted molar refractivity (Wildman–Crippen MR) is 63.9 cm³/mol. The molecular weight excluding hydrogens is 272 g/mol. The molecule has 2 N–H and O–H groups in total. The summed E-state index contributed by atoms with van der Waals surface area (Å²) in [5.41, 5.74) is 0.473. The van der Waals surface area contributed by atoms with E-state index < -0.39 is 16.0 Å². The Hall–Kier alpha value is -2.19. The van der Waals surface area contributed by atoms with E-state index in [1.165, 1.54) is 36.9 Å². The van der Waals surface area contributed by atoms with Crippen molar-refractivity contribution in [1.29, 1.82) is 0 Å². The maximum atomic E-state index is 11.9. The Labute approximate surface area is 108 Å². The molecule has 1 aromatic carbocycles. The highest BCUT2D eigenvalue weighted by molar-refractivity contribution is 7.89. The molecular formula is C11H10N2O5S. The van der Waals surface area contributed by atoms with Gasteiger partial charge in [0.05, 0.1) is 22.7 Å². The minimum Gasteiger partial charge on any atom is -0.478 e. The molecule has 0 saturated carbocycles. The van der Waals surface area contributed by atoms with Crippen LogP contribution in [0.2, 0.25) is 0 Å². The number of sulfonamides is 1. The van der Waals surface area contributed by atoms with Gasteiger partial charge in [0, 0.05) is 0 Å². The third-order valence-corrected chi connectivity index (χ3v) is 3.76. The summed E-state index contributed by atoms with van der Waals surface area (Å²) in [4.78, 5) is 14.4. The van der Waals surface area contributed by atoms with E-state index in [-0.39, 0.29) is 17.0 Å². The van der Waals surface area contributed by atoms with E-state index in [1.54, 1.807) is 0 Å². The largest absolute Gasteiger partial charge is 0.478 e. The number of hydrogen-bond donors (Lipinski definition) is 2. The Bertz CT molecular complexity index is 662. The van der Waals surface area contributed by atoms with Crippen molar-refractivity contribution in [2.75, 3.05) is 0 Å². The van der Waals surface area contributed by atoms with Crippen LogP contribution in [0.25, 0.3) is 0 Å². The summed E-state index contributed by atoms with van der Waals surface area (Å²) in [6, 6.07) is 4.92. The van der Waals surface area contributed by atoms with Crippen LogP contribution in [-0.2, 0) is 16.6 Å². The van der Waals surface area contributed by atoms with Gasteiger partial charge in [0.2, 0.25) is 10.0 Å². The van der Waals surface area contributed by atoms with Crippen LogP contribution in [0.4, 0.5) is 0 Å². The third-order valence-electron chi connectivity index (χ3n) is 2.34. The average Bonchev–Trinajstić information content (AvgIpc) is 2.90. The highest BCUT2D eigenvalue weighted by Gasteiger charge is 2.15. The quantitative estimate of drug-likeness (QED) is 0.841. The van der Waals surface area contributed by atoms with Crippen molar-refractivity contribution in [3.05, 3.63) is 48.2 Å². The molecule has 1 aromatic heterocycles. The fourth-order valence-corrected chi connectivity index (χ4v) is 2.35. The number of carbonyl (C=O) groups is 1. The van der Waals surface area contributed by atoms with Gasteiger partial charge in [-0.2, -0.15) is 0 Å². The zero-order valence-corrected chi connectivity index (χ0v) is 10.4. The van der Waals surface area contributed by atoms with E-state index in [1.807, 2.05) is 0 Å². The number of aromatic nitrogens is 1. The average molecular weight is 282 g/mol. The summed E-state index contributed by atoms with van der Waals surface area (Å²) in [5, 5.41) is 8.72. The van der Waals surface area contributed by atoms with E-state index in [4.69, 9.17) is 9.52 Å². The van der Waals surface area contributed by atoms with Crippen molar-refractivity contribution in [2.45, 2.75) is 11.4 Å². The molecule has 0 bridgehead atoms. The number of benzene rings is 1. The van der Waals surface area contributed by atoms with Gasteiger partial charge in [-0.1, -0.05) is 0 Å². The van der Waals surface area contributed by atoms with E-state index in [0.29, 0.717) is 5.69 Å². The van der Waals surface area contributed by atoms with E-state index in [9.17, 15) is 13.2 Å². The lowest BCUT2D eigenvalue weighted by Gasteiger charge is -2.05. The summed E-state index contributed by atoms with van der Waals surface area (Å²) < 4.78 is 30.8. The lowest BCUT2D eigenvalue weighted by Crippen LogP contribution is -2.23. The Balaban J connectivity index is 2.13. The molecule has 2 rings (SSSR count). The molecule has 0 aliphatic carbocycles. The van der Waals surface area contributed by atoms with Gasteiger partial charge in [0.15, 0.2) is 6.39 Å². The van der Waals surface area contributed by atoms with Crippen LogP contribution in [0.1, 0.15) is 16.1 Å². The molecule has 0 aliphatic rings. The highest BCUT2D eigenvalue weighted by atomic mass is 32.2. The molecule has 100 valence electrons. The number of nitrogens with zero attached hydrogens (tertiary/aromatic N) is 1. The van der Waals surface area contributed by atoms with Crippen molar-refractivity contribution in [2.24, 2.45) is 0 Å². The summed E-state index contributed by atoms with van der Waals surface area (Å²) >= 11 is 0. The van der Waals surface area contributed by atoms with Gasteiger partial charge in [-0.05, 0) is 24.3 Å². The van der Waals surface area contributed by atoms with Crippen LogP contribution in [0.15, 0.2) is 46.2 Å². The molecule has 0 unspecified atom stereocenters. The SMILES string of the molecule is O=C(O)c1ccc(S(=O)(=O)NCc2cocn2)cc1. The molecule has 0 spiro atoms. The fraction of sp³-hybridized carbons (Fsp3) is 0.0909. The standard InChI is InChI=1S/C11H10N2O5S/c14-11(15)8-1-3-10(4-2-8)19(16,17)13-5-9-6-18-7-12-9/h1-4,6-7,13H,5H2,(H,14,15). The number of hydrogen-bond acceptors (Lipinski definition) is 5. The monoisotopic (exact) mass is 282 g/mol. The molecule has 8 heteroatoms. The van der Waals surface area contributed by atoms with Crippen molar-refractivity contribution in [3.8, 4) is 0 Å². The van der Waals surface area contributed by atoms with Gasteiger partial charge in [-0.25, -0.2) is 22.9 Å². The van der Waals surface area contributed by atoms with Crippen LogP contribution in [0.5, 0.6) is 0 Å². The molecule has 2 aromatic rings. The Morgan fingerprint density at radius 2 is 2.00 bits per heavy atom. The fourth-order valence-electron chi connectivity index (χ4n) is 1.35. The zero-order valence-electron chi connectivity index (χ0n) is 9.61. The number of nitrogens with one attached hydrogen (secondary N) is 1. The van der Waals surface area contributed by atoms with Crippen molar-refractivity contribution >= 4 is 16.0 Å². The molecule has 0 atom stereocenters. The Morgan fingerprint density at radius 1 is 1.32 bits per heavy atom. The molecule has 0 aliphatic heterocycles. The molecule has 0 radical (unpaired) electrons. The highest BCUT2D eigenvalue weighted by Crippen LogP contribution is 2.11. The predicted octanol–water partition coefficient (Wildman–Crippen LogP) is 0.851. The summed E-state index contributed by atoms with van der Waals surface area (Å²) in [6.45, 7) is -0.000481. The number of carboxylic acids is 1. The Morgan fingerprint density at radius 3 is 2.53 bits per heavy atom. The lowest BCUT2D eigenvalue weighted by atomic mass is 10.2. The summed E-state index contributed by atoms with van der Waals surface area (Å²) in [6.07, 6.45) is 2.53. The van der Waals surface area contributed by atoms with E-state index in [0.717, 1.165) is 0 Å². The van der Waals surface area contributed by atoms with Gasteiger partial charge in [-0.3, -0.25) is 0 Å². The van der Waals surface area contributed by atoms with Gasteiger partial charge in [0.1, 0.15) is 6.26 Å². The number of oxazole rings is 1. The second-order valence-corrected chi connectivity index (χ2v) is 5.40. The van der Waals surface area contributed by atoms with Gasteiger partial charge < -0.3 is 9.52 Å². The number of carboxylic acid groups (broad SMARTS) is 1. The lowest BCUT2D eigenvalue weighted by molar-refractivity contribution is 0.0696. The van der Waals surface area contributed by atoms with Crippen LogP contribution < -0.4 is 4.72 Å². The first-order valence-electron chi connectivity index (χ1n) is 5.19. The summed E-state index contributed by atoms with van der Waals surface area (Å²) in [7, 11) is -3.70.